The standard InChI is InChI=1S/C23H26N4O2/c1-16(2)13-22(28)18-5-4-12-26(15-18)23(29)17-8-9-20(24-14-17)21-7-3-6-19-10-11-25-27(19)21/h3,6-11,14,16,18H,4-5,12-13,15H2,1-2H3/t18-/m0/s1. The normalized spacial score (nSPS) is 17.1. The number of carbonyl (C=O) groups excluding carboxylic acids is 2. The third kappa shape index (κ3) is 4.06. The first-order valence-electron chi connectivity index (χ1n) is 10.2. The van der Waals surface area contributed by atoms with E-state index in [4.69, 9.17) is 0 Å². The van der Waals surface area contributed by atoms with Crippen LogP contribution in [0.4, 0.5) is 0 Å². The van der Waals surface area contributed by atoms with Crippen LogP contribution in [0.1, 0.15) is 43.5 Å². The van der Waals surface area contributed by atoms with Crippen molar-refractivity contribution in [2.24, 2.45) is 11.8 Å². The van der Waals surface area contributed by atoms with E-state index in [2.05, 4.69) is 23.9 Å². The van der Waals surface area contributed by atoms with Crippen molar-refractivity contribution in [2.45, 2.75) is 33.1 Å². The average Bonchev–Trinajstić information content (AvgIpc) is 3.22. The molecule has 1 aliphatic rings. The fourth-order valence-electron chi connectivity index (χ4n) is 3.99. The fraction of sp³-hybridized carbons (Fsp3) is 0.391. The molecule has 29 heavy (non-hydrogen) atoms. The van der Waals surface area contributed by atoms with Gasteiger partial charge in [-0.3, -0.25) is 14.6 Å². The molecule has 4 heterocycles. The van der Waals surface area contributed by atoms with Crippen LogP contribution in [0.3, 0.4) is 0 Å². The lowest BCUT2D eigenvalue weighted by molar-refractivity contribution is -0.124. The number of rotatable bonds is 5. The minimum absolute atomic E-state index is 0.0419. The molecule has 0 radical (unpaired) electrons. The van der Waals surface area contributed by atoms with Gasteiger partial charge in [0.05, 0.1) is 28.7 Å². The highest BCUT2D eigenvalue weighted by molar-refractivity contribution is 5.94. The van der Waals surface area contributed by atoms with E-state index in [1.54, 1.807) is 17.3 Å². The fourth-order valence-corrected chi connectivity index (χ4v) is 3.99. The average molecular weight is 390 g/mol. The number of nitrogens with zero attached hydrogens (tertiary/aromatic N) is 4. The summed E-state index contributed by atoms with van der Waals surface area (Å²) in [5, 5.41) is 4.34. The van der Waals surface area contributed by atoms with Crippen LogP contribution in [-0.4, -0.2) is 44.3 Å². The van der Waals surface area contributed by atoms with Crippen LogP contribution in [0, 0.1) is 11.8 Å². The van der Waals surface area contributed by atoms with Gasteiger partial charge in [-0.15, -0.1) is 0 Å². The Labute approximate surface area is 170 Å². The van der Waals surface area contributed by atoms with E-state index < -0.39 is 0 Å². The van der Waals surface area contributed by atoms with E-state index >= 15 is 0 Å². The van der Waals surface area contributed by atoms with Gasteiger partial charge in [-0.2, -0.15) is 5.10 Å². The molecule has 0 spiro atoms. The SMILES string of the molecule is CC(C)CC(=O)[C@H]1CCCN(C(=O)c2ccc(-c3cccc4ccnn34)nc2)C1. The molecule has 6 nitrogen and oxygen atoms in total. The van der Waals surface area contributed by atoms with Crippen LogP contribution in [0.15, 0.2) is 48.8 Å². The summed E-state index contributed by atoms with van der Waals surface area (Å²) < 4.78 is 1.83. The van der Waals surface area contributed by atoms with E-state index in [9.17, 15) is 9.59 Å². The van der Waals surface area contributed by atoms with E-state index in [0.29, 0.717) is 31.0 Å². The lowest BCUT2D eigenvalue weighted by atomic mass is 9.89. The van der Waals surface area contributed by atoms with E-state index in [-0.39, 0.29) is 17.6 Å². The number of hydrogen-bond acceptors (Lipinski definition) is 4. The summed E-state index contributed by atoms with van der Waals surface area (Å²) in [7, 11) is 0. The molecule has 0 aromatic carbocycles. The third-order valence-electron chi connectivity index (χ3n) is 5.47. The molecule has 0 bridgehead atoms. The third-order valence-corrected chi connectivity index (χ3v) is 5.47. The highest BCUT2D eigenvalue weighted by atomic mass is 16.2. The monoisotopic (exact) mass is 390 g/mol. The van der Waals surface area contributed by atoms with Gasteiger partial charge in [-0.05, 0) is 49.1 Å². The molecule has 0 saturated carbocycles. The molecule has 0 N–H and O–H groups in total. The summed E-state index contributed by atoms with van der Waals surface area (Å²) in [5.41, 5.74) is 3.19. The molecule has 3 aromatic heterocycles. The van der Waals surface area contributed by atoms with Gasteiger partial charge in [0.2, 0.25) is 0 Å². The minimum Gasteiger partial charge on any atom is -0.338 e. The molecular formula is C23H26N4O2. The summed E-state index contributed by atoms with van der Waals surface area (Å²) in [6, 6.07) is 11.5. The van der Waals surface area contributed by atoms with Gasteiger partial charge in [0.15, 0.2) is 0 Å². The van der Waals surface area contributed by atoms with Crippen molar-refractivity contribution in [3.8, 4) is 11.4 Å². The lowest BCUT2D eigenvalue weighted by Crippen LogP contribution is -2.42. The largest absolute Gasteiger partial charge is 0.338 e. The first kappa shape index (κ1) is 19.3. The zero-order chi connectivity index (χ0) is 20.4. The smallest absolute Gasteiger partial charge is 0.255 e. The van der Waals surface area contributed by atoms with E-state index in [1.165, 1.54) is 0 Å². The van der Waals surface area contributed by atoms with Crippen molar-refractivity contribution < 1.29 is 9.59 Å². The molecular weight excluding hydrogens is 364 g/mol. The van der Waals surface area contributed by atoms with Gasteiger partial charge in [0, 0.05) is 31.6 Å². The zero-order valence-corrected chi connectivity index (χ0v) is 16.9. The maximum absolute atomic E-state index is 13.0. The second-order valence-corrected chi connectivity index (χ2v) is 8.17. The number of fused-ring (bicyclic) bond motifs is 1. The van der Waals surface area contributed by atoms with Gasteiger partial charge in [-0.1, -0.05) is 19.9 Å². The van der Waals surface area contributed by atoms with Crippen LogP contribution in [0.5, 0.6) is 0 Å². The second kappa shape index (κ2) is 8.15. The van der Waals surface area contributed by atoms with Crippen molar-refractivity contribution >= 4 is 17.2 Å². The number of hydrogen-bond donors (Lipinski definition) is 0. The van der Waals surface area contributed by atoms with Crippen LogP contribution in [0.2, 0.25) is 0 Å². The molecule has 6 heteroatoms. The Bertz CT molecular complexity index is 1020. The Kier molecular flexibility index (Phi) is 5.43. The minimum atomic E-state index is -0.0524. The molecule has 150 valence electrons. The highest BCUT2D eigenvalue weighted by Gasteiger charge is 2.29. The van der Waals surface area contributed by atoms with Crippen molar-refractivity contribution in [3.63, 3.8) is 0 Å². The number of amides is 1. The van der Waals surface area contributed by atoms with Gasteiger partial charge in [0.25, 0.3) is 5.91 Å². The molecule has 0 aliphatic carbocycles. The van der Waals surface area contributed by atoms with Crippen molar-refractivity contribution in [2.75, 3.05) is 13.1 Å². The predicted molar refractivity (Wildman–Crippen MR) is 112 cm³/mol. The number of carbonyl (C=O) groups is 2. The number of ketones is 1. The van der Waals surface area contributed by atoms with Gasteiger partial charge >= 0.3 is 0 Å². The maximum atomic E-state index is 13.0. The number of Topliss-reactive ketones (excluding diaryl/α,β-unsaturated/α-hetero) is 1. The molecule has 1 fully saturated rings. The topological polar surface area (TPSA) is 67.6 Å². The Morgan fingerprint density at radius 1 is 1.17 bits per heavy atom. The number of pyridine rings is 2. The number of likely N-dealkylation sites (tertiary alicyclic amines) is 1. The quantitative estimate of drug-likeness (QED) is 0.663. The van der Waals surface area contributed by atoms with Crippen LogP contribution in [0.25, 0.3) is 16.9 Å². The van der Waals surface area contributed by atoms with Gasteiger partial charge < -0.3 is 4.90 Å². The van der Waals surface area contributed by atoms with Crippen LogP contribution in [-0.2, 0) is 4.79 Å². The Morgan fingerprint density at radius 2 is 2.03 bits per heavy atom. The molecule has 1 saturated heterocycles. The highest BCUT2D eigenvalue weighted by Crippen LogP contribution is 2.23. The Balaban J connectivity index is 1.49. The molecule has 1 amide bonds. The first-order valence-corrected chi connectivity index (χ1v) is 10.2. The number of piperidine rings is 1. The Hall–Kier alpha value is -3.02. The van der Waals surface area contributed by atoms with Crippen molar-refractivity contribution in [1.82, 2.24) is 19.5 Å². The van der Waals surface area contributed by atoms with E-state index in [1.807, 2.05) is 40.9 Å². The zero-order valence-electron chi connectivity index (χ0n) is 16.9. The summed E-state index contributed by atoms with van der Waals surface area (Å²) in [5.74, 6) is 0.533. The van der Waals surface area contributed by atoms with Crippen LogP contribution < -0.4 is 0 Å². The molecule has 1 aliphatic heterocycles. The molecule has 1 atom stereocenters. The molecule has 0 unspecified atom stereocenters. The predicted octanol–water partition coefficient (Wildman–Crippen LogP) is 3.86. The summed E-state index contributed by atoms with van der Waals surface area (Å²) in [4.78, 5) is 31.7. The summed E-state index contributed by atoms with van der Waals surface area (Å²) >= 11 is 0. The number of aromatic nitrogens is 3. The lowest BCUT2D eigenvalue weighted by Gasteiger charge is -2.32. The maximum Gasteiger partial charge on any atom is 0.255 e. The van der Waals surface area contributed by atoms with Crippen molar-refractivity contribution in [3.05, 3.63) is 54.4 Å². The van der Waals surface area contributed by atoms with E-state index in [0.717, 1.165) is 29.7 Å². The second-order valence-electron chi connectivity index (χ2n) is 8.17. The summed E-state index contributed by atoms with van der Waals surface area (Å²) in [6.45, 7) is 5.32. The van der Waals surface area contributed by atoms with Gasteiger partial charge in [-0.25, -0.2) is 4.52 Å². The Morgan fingerprint density at radius 3 is 2.79 bits per heavy atom. The molecule has 4 rings (SSSR count). The molecule has 3 aromatic rings. The summed E-state index contributed by atoms with van der Waals surface area (Å²) in [6.07, 6.45) is 5.71. The van der Waals surface area contributed by atoms with Crippen LogP contribution >= 0.6 is 0 Å². The first-order chi connectivity index (χ1) is 14.0. The van der Waals surface area contributed by atoms with Crippen molar-refractivity contribution in [1.29, 1.82) is 0 Å². The van der Waals surface area contributed by atoms with Gasteiger partial charge in [0.1, 0.15) is 5.78 Å².